The number of aryl methyl sites for hydroxylation is 1. The molecule has 0 aliphatic rings. The number of carboxylic acids is 1. The van der Waals surface area contributed by atoms with Crippen LogP contribution in [0.5, 0.6) is 0 Å². The number of thioether (sulfide) groups is 1. The maximum Gasteiger partial charge on any atom is 0.337 e. The van der Waals surface area contributed by atoms with Crippen molar-refractivity contribution in [3.05, 3.63) is 23.8 Å². The normalized spacial score (nSPS) is 12.8. The molecule has 1 aromatic heterocycles. The number of benzene rings is 1. The van der Waals surface area contributed by atoms with Crippen LogP contribution >= 0.6 is 11.8 Å². The van der Waals surface area contributed by atoms with Gasteiger partial charge in [0.15, 0.2) is 0 Å². The van der Waals surface area contributed by atoms with E-state index in [1.807, 2.05) is 0 Å². The van der Waals surface area contributed by atoms with Gasteiger partial charge in [0.1, 0.15) is 11.0 Å². The summed E-state index contributed by atoms with van der Waals surface area (Å²) in [6.45, 7) is 2.82. The van der Waals surface area contributed by atoms with Crippen LogP contribution in [0, 0.1) is 0 Å². The van der Waals surface area contributed by atoms with Crippen molar-refractivity contribution in [3.63, 3.8) is 0 Å². The molecule has 0 bridgehead atoms. The third-order valence-electron chi connectivity index (χ3n) is 2.91. The van der Waals surface area contributed by atoms with Crippen LogP contribution in [-0.2, 0) is 6.54 Å². The molecule has 1 N–H and O–H groups in total. The summed E-state index contributed by atoms with van der Waals surface area (Å²) >= 11 is 1.78. The number of carbonyl (C=O) groups is 1. The Labute approximate surface area is 109 Å². The highest BCUT2D eigenvalue weighted by molar-refractivity contribution is 7.99. The summed E-state index contributed by atoms with van der Waals surface area (Å²) in [5, 5.41) is 17.7. The van der Waals surface area contributed by atoms with Crippen LogP contribution in [0.2, 0.25) is 0 Å². The number of para-hydroxylation sites is 1. The first-order valence-corrected chi connectivity index (χ1v) is 7.00. The van der Waals surface area contributed by atoms with Crippen LogP contribution in [0.15, 0.2) is 18.2 Å². The van der Waals surface area contributed by atoms with Crippen molar-refractivity contribution in [1.82, 2.24) is 15.0 Å². The highest BCUT2D eigenvalue weighted by Gasteiger charge is 2.14. The average molecular weight is 265 g/mol. The van der Waals surface area contributed by atoms with E-state index in [2.05, 4.69) is 23.5 Å². The van der Waals surface area contributed by atoms with E-state index >= 15 is 0 Å². The van der Waals surface area contributed by atoms with Crippen LogP contribution in [0.3, 0.4) is 0 Å². The topological polar surface area (TPSA) is 68.0 Å². The van der Waals surface area contributed by atoms with Gasteiger partial charge in [-0.1, -0.05) is 18.2 Å². The van der Waals surface area contributed by atoms with E-state index in [1.165, 1.54) is 0 Å². The zero-order valence-electron chi connectivity index (χ0n) is 10.3. The lowest BCUT2D eigenvalue weighted by molar-refractivity contribution is 0.0698. The van der Waals surface area contributed by atoms with Gasteiger partial charge in [0.25, 0.3) is 0 Å². The first kappa shape index (κ1) is 12.9. The van der Waals surface area contributed by atoms with Gasteiger partial charge < -0.3 is 5.11 Å². The molecule has 0 aliphatic carbocycles. The maximum atomic E-state index is 11.2. The number of aromatic carboxylic acids is 1. The number of hydrogen-bond donors (Lipinski definition) is 1. The lowest BCUT2D eigenvalue weighted by atomic mass is 10.2. The van der Waals surface area contributed by atoms with Crippen molar-refractivity contribution in [2.75, 3.05) is 6.26 Å². The monoisotopic (exact) mass is 265 g/mol. The van der Waals surface area contributed by atoms with E-state index in [1.54, 1.807) is 34.6 Å². The Morgan fingerprint density at radius 2 is 2.33 bits per heavy atom. The third kappa shape index (κ3) is 2.48. The lowest BCUT2D eigenvalue weighted by Crippen LogP contribution is -2.08. The van der Waals surface area contributed by atoms with Crippen molar-refractivity contribution in [3.8, 4) is 0 Å². The van der Waals surface area contributed by atoms with Crippen molar-refractivity contribution in [2.45, 2.75) is 25.1 Å². The molecule has 5 nitrogen and oxygen atoms in total. The summed E-state index contributed by atoms with van der Waals surface area (Å²) in [4.78, 5) is 11.2. The molecule has 0 fully saturated rings. The fourth-order valence-electron chi connectivity index (χ4n) is 1.78. The number of aromatic nitrogens is 3. The molecule has 0 saturated heterocycles. The summed E-state index contributed by atoms with van der Waals surface area (Å²) < 4.78 is 1.69. The average Bonchev–Trinajstić information content (AvgIpc) is 2.78. The van der Waals surface area contributed by atoms with Gasteiger partial charge >= 0.3 is 5.97 Å². The number of hydrogen-bond acceptors (Lipinski definition) is 4. The molecule has 0 amide bonds. The molecular formula is C12H15N3O2S. The van der Waals surface area contributed by atoms with E-state index < -0.39 is 5.97 Å². The Kier molecular flexibility index (Phi) is 3.86. The Morgan fingerprint density at radius 1 is 1.56 bits per heavy atom. The van der Waals surface area contributed by atoms with Gasteiger partial charge in [-0.2, -0.15) is 11.8 Å². The zero-order chi connectivity index (χ0) is 13.1. The summed E-state index contributed by atoms with van der Waals surface area (Å²) in [5.74, 6) is -0.943. The lowest BCUT2D eigenvalue weighted by Gasteiger charge is -2.08. The largest absolute Gasteiger partial charge is 0.478 e. The van der Waals surface area contributed by atoms with E-state index in [0.717, 1.165) is 6.42 Å². The minimum Gasteiger partial charge on any atom is -0.478 e. The summed E-state index contributed by atoms with van der Waals surface area (Å²) in [5.41, 5.74) is 1.50. The highest BCUT2D eigenvalue weighted by atomic mass is 32.2. The fourth-order valence-corrected chi connectivity index (χ4v) is 2.12. The molecule has 0 aliphatic heterocycles. The van der Waals surface area contributed by atoms with Crippen LogP contribution in [-0.4, -0.2) is 37.6 Å². The quantitative estimate of drug-likeness (QED) is 0.898. The molecule has 1 aromatic carbocycles. The number of fused-ring (bicyclic) bond motifs is 1. The third-order valence-corrected chi connectivity index (χ3v) is 3.95. The predicted octanol–water partition coefficient (Wildman–Crippen LogP) is 2.27. The Bertz CT molecular complexity index is 567. The Balaban J connectivity index is 2.36. The van der Waals surface area contributed by atoms with Gasteiger partial charge in [-0.25, -0.2) is 9.48 Å². The first-order chi connectivity index (χ1) is 8.63. The Morgan fingerprint density at radius 3 is 3.00 bits per heavy atom. The summed E-state index contributed by atoms with van der Waals surface area (Å²) in [6, 6.07) is 5.06. The second kappa shape index (κ2) is 5.39. The molecule has 1 unspecified atom stereocenters. The number of carboxylic acid groups (broad SMARTS) is 1. The fraction of sp³-hybridized carbons (Fsp3) is 0.417. The van der Waals surface area contributed by atoms with Gasteiger partial charge in [-0.3, -0.25) is 0 Å². The van der Waals surface area contributed by atoms with E-state index in [9.17, 15) is 9.90 Å². The molecule has 2 aromatic rings. The molecule has 0 saturated carbocycles. The van der Waals surface area contributed by atoms with Crippen LogP contribution in [0.1, 0.15) is 23.7 Å². The van der Waals surface area contributed by atoms with Crippen molar-refractivity contribution in [2.24, 2.45) is 0 Å². The van der Waals surface area contributed by atoms with Gasteiger partial charge in [-0.15, -0.1) is 5.10 Å². The standard InChI is InChI=1S/C12H15N3O2S/c1-8(18-2)6-7-15-11-9(12(16)17)4-3-5-10(11)13-14-15/h3-5,8H,6-7H2,1-2H3,(H,16,17). The van der Waals surface area contributed by atoms with Crippen molar-refractivity contribution in [1.29, 1.82) is 0 Å². The molecule has 2 rings (SSSR count). The van der Waals surface area contributed by atoms with Crippen LogP contribution in [0.25, 0.3) is 11.0 Å². The van der Waals surface area contributed by atoms with Crippen LogP contribution in [0.4, 0.5) is 0 Å². The van der Waals surface area contributed by atoms with Gasteiger partial charge in [-0.05, 0) is 24.8 Å². The molecule has 0 radical (unpaired) electrons. The van der Waals surface area contributed by atoms with E-state index in [-0.39, 0.29) is 5.56 Å². The van der Waals surface area contributed by atoms with Gasteiger partial charge in [0.05, 0.1) is 5.56 Å². The number of nitrogens with zero attached hydrogens (tertiary/aromatic N) is 3. The van der Waals surface area contributed by atoms with E-state index in [0.29, 0.717) is 22.8 Å². The molecule has 1 atom stereocenters. The molecule has 1 heterocycles. The summed E-state index contributed by atoms with van der Waals surface area (Å²) in [6.07, 6.45) is 3.00. The first-order valence-electron chi connectivity index (χ1n) is 5.71. The SMILES string of the molecule is CSC(C)CCn1nnc2cccc(C(=O)O)c21. The number of rotatable bonds is 5. The van der Waals surface area contributed by atoms with Crippen molar-refractivity contribution >= 4 is 28.8 Å². The second-order valence-corrected chi connectivity index (χ2v) is 5.40. The second-order valence-electron chi connectivity index (χ2n) is 4.13. The molecular weight excluding hydrogens is 250 g/mol. The molecule has 96 valence electrons. The molecule has 0 spiro atoms. The van der Waals surface area contributed by atoms with Gasteiger partial charge in [0.2, 0.25) is 0 Å². The maximum absolute atomic E-state index is 11.2. The summed E-state index contributed by atoms with van der Waals surface area (Å²) in [7, 11) is 0. The highest BCUT2D eigenvalue weighted by Crippen LogP contribution is 2.18. The minimum absolute atomic E-state index is 0.259. The molecule has 6 heteroatoms. The molecule has 18 heavy (non-hydrogen) atoms. The minimum atomic E-state index is -0.943. The van der Waals surface area contributed by atoms with Crippen LogP contribution < -0.4 is 0 Å². The van der Waals surface area contributed by atoms with Gasteiger partial charge in [0, 0.05) is 11.8 Å². The Hall–Kier alpha value is -1.56. The predicted molar refractivity (Wildman–Crippen MR) is 72.1 cm³/mol. The van der Waals surface area contributed by atoms with E-state index in [4.69, 9.17) is 0 Å². The zero-order valence-corrected chi connectivity index (χ0v) is 11.1. The smallest absolute Gasteiger partial charge is 0.337 e. The van der Waals surface area contributed by atoms with Crippen molar-refractivity contribution < 1.29 is 9.90 Å².